The van der Waals surface area contributed by atoms with Gasteiger partial charge in [0.25, 0.3) is 5.78 Å². The van der Waals surface area contributed by atoms with Crippen molar-refractivity contribution in [1.82, 2.24) is 9.71 Å². The number of rotatable bonds is 5. The van der Waals surface area contributed by atoms with E-state index in [0.29, 0.717) is 10.9 Å². The van der Waals surface area contributed by atoms with Crippen molar-refractivity contribution in [3.8, 4) is 0 Å². The molecule has 7 heteroatoms. The smallest absolute Gasteiger partial charge is 0.302 e. The van der Waals surface area contributed by atoms with Crippen molar-refractivity contribution < 1.29 is 9.59 Å². The van der Waals surface area contributed by atoms with Gasteiger partial charge in [-0.2, -0.15) is 0 Å². The molecule has 0 atom stereocenters. The third kappa shape index (κ3) is 3.48. The van der Waals surface area contributed by atoms with Crippen LogP contribution in [0.4, 0.5) is 17.2 Å². The van der Waals surface area contributed by atoms with Crippen LogP contribution in [0.3, 0.4) is 0 Å². The quantitative estimate of drug-likeness (QED) is 0.367. The zero-order chi connectivity index (χ0) is 18.7. The molecule has 0 radical (unpaired) electrons. The number of nitrogens with one attached hydrogen (secondary N) is 2. The number of hydrogen-bond donors (Lipinski definition) is 3. The highest BCUT2D eigenvalue weighted by atomic mass is 32.1. The molecule has 0 bridgehead atoms. The average molecular weight is 366 g/mol. The van der Waals surface area contributed by atoms with Gasteiger partial charge >= 0.3 is 5.91 Å². The maximum atomic E-state index is 12.3. The molecule has 132 valence electrons. The van der Waals surface area contributed by atoms with Gasteiger partial charge in [-0.15, -0.1) is 0 Å². The molecule has 0 unspecified atom stereocenters. The summed E-state index contributed by atoms with van der Waals surface area (Å²) in [6.07, 6.45) is 1.73. The number of anilines is 3. The molecule has 0 spiro atoms. The maximum Gasteiger partial charge on any atom is 0.302 e. The predicted molar refractivity (Wildman–Crippen MR) is 107 cm³/mol. The Morgan fingerprint density at radius 2 is 1.77 bits per heavy atom. The zero-order valence-electron chi connectivity index (χ0n) is 14.4. The number of hydrogen-bond acceptors (Lipinski definition) is 6. The molecule has 0 saturated heterocycles. The molecule has 3 rings (SSSR count). The summed E-state index contributed by atoms with van der Waals surface area (Å²) in [6, 6.07) is 14.7. The van der Waals surface area contributed by atoms with Crippen molar-refractivity contribution in [2.24, 2.45) is 0 Å². The molecular weight excluding hydrogens is 348 g/mol. The van der Waals surface area contributed by atoms with Crippen LogP contribution in [0, 0.1) is 0 Å². The second-order valence-corrected chi connectivity index (χ2v) is 6.12. The standard InChI is InChI=1S/C19H18N4O2S/c1-23(2)17-11-12(9-10-20-17)21-16-8-7-15(18(24)19(25)22-26)13-5-3-4-6-14(13)16/h3-11,26H,1-2H3,(H,20,21)(H,22,25). The van der Waals surface area contributed by atoms with E-state index in [1.807, 2.05) is 55.4 Å². The molecule has 0 saturated carbocycles. The Kier molecular flexibility index (Phi) is 5.09. The number of aromatic nitrogens is 1. The van der Waals surface area contributed by atoms with Crippen LogP contribution in [0.2, 0.25) is 0 Å². The Bertz CT molecular complexity index is 988. The van der Waals surface area contributed by atoms with E-state index in [1.54, 1.807) is 18.3 Å². The van der Waals surface area contributed by atoms with Crippen LogP contribution in [0.5, 0.6) is 0 Å². The van der Waals surface area contributed by atoms with Gasteiger partial charge in [0.1, 0.15) is 5.82 Å². The number of Topliss-reactive ketones (excluding diaryl/α,β-unsaturated/α-hetero) is 1. The largest absolute Gasteiger partial charge is 0.363 e. The van der Waals surface area contributed by atoms with Crippen LogP contribution in [0.1, 0.15) is 10.4 Å². The van der Waals surface area contributed by atoms with Crippen molar-refractivity contribution >= 4 is 52.5 Å². The van der Waals surface area contributed by atoms with Crippen LogP contribution < -0.4 is 14.9 Å². The molecule has 1 aromatic heterocycles. The van der Waals surface area contributed by atoms with Gasteiger partial charge in [0, 0.05) is 48.7 Å². The molecule has 26 heavy (non-hydrogen) atoms. The van der Waals surface area contributed by atoms with Crippen LogP contribution in [-0.4, -0.2) is 30.8 Å². The highest BCUT2D eigenvalue weighted by molar-refractivity contribution is 7.78. The number of amides is 1. The summed E-state index contributed by atoms with van der Waals surface area (Å²) in [4.78, 5) is 30.2. The molecule has 6 nitrogen and oxygen atoms in total. The molecular formula is C19H18N4O2S. The van der Waals surface area contributed by atoms with Gasteiger partial charge in [0.05, 0.1) is 0 Å². The molecule has 2 aromatic carbocycles. The van der Waals surface area contributed by atoms with E-state index in [4.69, 9.17) is 0 Å². The molecule has 0 aliphatic heterocycles. The van der Waals surface area contributed by atoms with E-state index in [0.717, 1.165) is 22.6 Å². The van der Waals surface area contributed by atoms with Crippen LogP contribution in [0.15, 0.2) is 54.7 Å². The molecule has 2 N–H and O–H groups in total. The number of pyridine rings is 1. The minimum absolute atomic E-state index is 0.335. The van der Waals surface area contributed by atoms with E-state index in [-0.39, 0.29) is 0 Å². The lowest BCUT2D eigenvalue weighted by Gasteiger charge is -2.15. The fourth-order valence-corrected chi connectivity index (χ4v) is 2.78. The highest BCUT2D eigenvalue weighted by Crippen LogP contribution is 2.30. The van der Waals surface area contributed by atoms with Crippen molar-refractivity contribution in [2.45, 2.75) is 0 Å². The van der Waals surface area contributed by atoms with Crippen LogP contribution >= 0.6 is 12.8 Å². The number of carbonyl (C=O) groups is 2. The predicted octanol–water partition coefficient (Wildman–Crippen LogP) is 3.19. The van der Waals surface area contributed by atoms with Gasteiger partial charge < -0.3 is 10.2 Å². The normalized spacial score (nSPS) is 10.4. The third-order valence-corrected chi connectivity index (χ3v) is 4.16. The number of ketones is 1. The van der Waals surface area contributed by atoms with Gasteiger partial charge in [0.2, 0.25) is 0 Å². The Morgan fingerprint density at radius 1 is 1.04 bits per heavy atom. The molecule has 1 heterocycles. The SMILES string of the molecule is CN(C)c1cc(Nc2ccc(C(=O)C(=O)NS)c3ccccc23)ccn1. The third-order valence-electron chi connectivity index (χ3n) is 3.96. The summed E-state index contributed by atoms with van der Waals surface area (Å²) >= 11 is 3.67. The van der Waals surface area contributed by atoms with Crippen molar-refractivity contribution in [3.63, 3.8) is 0 Å². The summed E-state index contributed by atoms with van der Waals surface area (Å²) < 4.78 is 2.08. The molecule has 1 amide bonds. The number of fused-ring (bicyclic) bond motifs is 1. The number of carbonyl (C=O) groups excluding carboxylic acids is 2. The lowest BCUT2D eigenvalue weighted by Crippen LogP contribution is -2.24. The lowest BCUT2D eigenvalue weighted by atomic mass is 9.99. The Labute approximate surface area is 156 Å². The molecule has 0 aliphatic carbocycles. The molecule has 3 aromatic rings. The van der Waals surface area contributed by atoms with Crippen LogP contribution in [0.25, 0.3) is 10.8 Å². The van der Waals surface area contributed by atoms with Gasteiger partial charge in [-0.1, -0.05) is 37.1 Å². The first kappa shape index (κ1) is 17.8. The van der Waals surface area contributed by atoms with E-state index >= 15 is 0 Å². The summed E-state index contributed by atoms with van der Waals surface area (Å²) in [5.41, 5.74) is 2.04. The first-order valence-electron chi connectivity index (χ1n) is 7.92. The second-order valence-electron chi connectivity index (χ2n) is 5.90. The lowest BCUT2D eigenvalue weighted by molar-refractivity contribution is -0.115. The summed E-state index contributed by atoms with van der Waals surface area (Å²) in [5.74, 6) is -0.554. The van der Waals surface area contributed by atoms with E-state index in [1.165, 1.54) is 0 Å². The summed E-state index contributed by atoms with van der Waals surface area (Å²) in [7, 11) is 3.85. The Hall–Kier alpha value is -3.06. The van der Waals surface area contributed by atoms with Gasteiger partial charge in [0.15, 0.2) is 0 Å². The van der Waals surface area contributed by atoms with E-state index in [2.05, 4.69) is 27.8 Å². The van der Waals surface area contributed by atoms with E-state index < -0.39 is 11.7 Å². The van der Waals surface area contributed by atoms with Crippen molar-refractivity contribution in [1.29, 1.82) is 0 Å². The summed E-state index contributed by atoms with van der Waals surface area (Å²) in [5, 5.41) is 4.89. The minimum Gasteiger partial charge on any atom is -0.363 e. The fraction of sp³-hybridized carbons (Fsp3) is 0.105. The topological polar surface area (TPSA) is 74.3 Å². The Balaban J connectivity index is 2.05. The van der Waals surface area contributed by atoms with Crippen LogP contribution in [-0.2, 0) is 4.79 Å². The highest BCUT2D eigenvalue weighted by Gasteiger charge is 2.18. The van der Waals surface area contributed by atoms with Gasteiger partial charge in [-0.25, -0.2) is 4.98 Å². The monoisotopic (exact) mass is 366 g/mol. The summed E-state index contributed by atoms with van der Waals surface area (Å²) in [6.45, 7) is 0. The number of thiol groups is 1. The number of benzene rings is 2. The number of nitrogens with zero attached hydrogens (tertiary/aromatic N) is 2. The second kappa shape index (κ2) is 7.45. The first-order valence-corrected chi connectivity index (χ1v) is 8.37. The molecule has 0 fully saturated rings. The first-order chi connectivity index (χ1) is 12.5. The van der Waals surface area contributed by atoms with Crippen molar-refractivity contribution in [2.75, 3.05) is 24.3 Å². The van der Waals surface area contributed by atoms with Crippen molar-refractivity contribution in [3.05, 3.63) is 60.3 Å². The molecule has 0 aliphatic rings. The average Bonchev–Trinajstić information content (AvgIpc) is 2.67. The van der Waals surface area contributed by atoms with E-state index in [9.17, 15) is 9.59 Å². The Morgan fingerprint density at radius 3 is 2.46 bits per heavy atom. The van der Waals surface area contributed by atoms with Gasteiger partial charge in [-0.3, -0.25) is 14.3 Å². The zero-order valence-corrected chi connectivity index (χ0v) is 15.2. The fourth-order valence-electron chi connectivity index (χ4n) is 2.68. The minimum atomic E-state index is -0.760. The maximum absolute atomic E-state index is 12.3. The van der Waals surface area contributed by atoms with Gasteiger partial charge in [-0.05, 0) is 23.6 Å².